The molecule has 0 bridgehead atoms. The predicted octanol–water partition coefficient (Wildman–Crippen LogP) is -2.24. The van der Waals surface area contributed by atoms with Crippen LogP contribution in [0.3, 0.4) is 0 Å². The lowest BCUT2D eigenvalue weighted by molar-refractivity contribution is -0.907. The van der Waals surface area contributed by atoms with Gasteiger partial charge in [-0.15, -0.1) is 0 Å². The molecular weight excluding hydrogens is 436 g/mol. The van der Waals surface area contributed by atoms with Gasteiger partial charge in [-0.1, -0.05) is 19.3 Å². The molecule has 2 fully saturated rings. The summed E-state index contributed by atoms with van der Waals surface area (Å²) in [5, 5.41) is 10.5. The molecule has 0 spiro atoms. The molecule has 1 aliphatic carbocycles. The van der Waals surface area contributed by atoms with E-state index in [1.807, 2.05) is 4.90 Å². The second kappa shape index (κ2) is 13.0. The topological polar surface area (TPSA) is 81.9 Å². The number of methoxy groups -OCH3 is 3. The zero-order valence-electron chi connectivity index (χ0n) is 19.4. The number of piperazine rings is 1. The van der Waals surface area contributed by atoms with Crippen molar-refractivity contribution in [3.8, 4) is 23.0 Å². The van der Waals surface area contributed by atoms with Crippen molar-refractivity contribution in [2.45, 2.75) is 38.2 Å². The molecule has 32 heavy (non-hydrogen) atoms. The number of aliphatic hydroxyl groups excluding tert-OH is 1. The van der Waals surface area contributed by atoms with Crippen molar-refractivity contribution in [2.24, 2.45) is 5.92 Å². The van der Waals surface area contributed by atoms with E-state index in [4.69, 9.17) is 18.9 Å². The van der Waals surface area contributed by atoms with E-state index in [-0.39, 0.29) is 24.9 Å². The maximum absolute atomic E-state index is 12.7. The average molecular weight is 473 g/mol. The number of halogens is 1. The van der Waals surface area contributed by atoms with E-state index in [0.717, 1.165) is 39.0 Å². The summed E-state index contributed by atoms with van der Waals surface area (Å²) in [6.07, 6.45) is 5.11. The molecule has 1 heterocycles. The van der Waals surface area contributed by atoms with Crippen LogP contribution < -0.4 is 36.3 Å². The molecule has 1 saturated heterocycles. The summed E-state index contributed by atoms with van der Waals surface area (Å²) in [4.78, 5) is 16.0. The fourth-order valence-electron chi connectivity index (χ4n) is 4.58. The number of quaternary nitrogens is 1. The van der Waals surface area contributed by atoms with Crippen LogP contribution in [-0.4, -0.2) is 82.7 Å². The van der Waals surface area contributed by atoms with Crippen LogP contribution in [0.25, 0.3) is 0 Å². The van der Waals surface area contributed by atoms with Gasteiger partial charge in [0.15, 0.2) is 11.5 Å². The monoisotopic (exact) mass is 472 g/mol. The quantitative estimate of drug-likeness (QED) is 0.423. The highest BCUT2D eigenvalue weighted by Crippen LogP contribution is 2.40. The first-order valence-corrected chi connectivity index (χ1v) is 11.3. The number of hydrogen-bond donors (Lipinski definition) is 2. The van der Waals surface area contributed by atoms with E-state index >= 15 is 0 Å². The minimum absolute atomic E-state index is 0. The Balaban J connectivity index is 0.00000363. The highest BCUT2D eigenvalue weighted by atomic mass is 35.5. The average Bonchev–Trinajstić information content (AvgIpc) is 2.82. The smallest absolute Gasteiger partial charge is 0.226 e. The van der Waals surface area contributed by atoms with Crippen LogP contribution >= 0.6 is 0 Å². The summed E-state index contributed by atoms with van der Waals surface area (Å²) in [6, 6.07) is 3.44. The van der Waals surface area contributed by atoms with Crippen LogP contribution in [0.15, 0.2) is 12.1 Å². The molecule has 0 aromatic heterocycles. The van der Waals surface area contributed by atoms with E-state index in [9.17, 15) is 9.90 Å². The fourth-order valence-corrected chi connectivity index (χ4v) is 4.58. The Morgan fingerprint density at radius 3 is 2.19 bits per heavy atom. The number of ether oxygens (including phenoxy) is 4. The Labute approximate surface area is 197 Å². The van der Waals surface area contributed by atoms with Crippen LogP contribution in [0, 0.1) is 5.92 Å². The van der Waals surface area contributed by atoms with Crippen molar-refractivity contribution in [2.75, 3.05) is 60.7 Å². The standard InChI is InChI=1S/C23H36N2O6.ClH/c1-28-20-13-19(14-21(29-2)22(20)30-3)31-16-18(26)15-24-9-11-25(12-10-24)23(27)17-7-5-4-6-8-17;/h13-14,17-18,26H,4-12,15-16H2,1-3H3;1H. The maximum atomic E-state index is 12.7. The number of rotatable bonds is 9. The Bertz CT molecular complexity index is 695. The first kappa shape index (κ1) is 26.4. The van der Waals surface area contributed by atoms with Crippen molar-refractivity contribution >= 4 is 5.91 Å². The van der Waals surface area contributed by atoms with E-state index in [1.54, 1.807) is 33.5 Å². The summed E-state index contributed by atoms with van der Waals surface area (Å²) in [5.74, 6) is 2.64. The molecule has 1 saturated carbocycles. The summed E-state index contributed by atoms with van der Waals surface area (Å²) in [7, 11) is 4.66. The SMILES string of the molecule is COc1cc(OCC(O)C[NH+]2CCN(C(=O)C3CCCCC3)CC2)cc(OC)c1OC.[Cl-]. The molecule has 2 aliphatic rings. The van der Waals surface area contributed by atoms with Crippen molar-refractivity contribution in [1.82, 2.24) is 4.90 Å². The van der Waals surface area contributed by atoms with E-state index in [1.165, 1.54) is 24.2 Å². The maximum Gasteiger partial charge on any atom is 0.226 e. The lowest BCUT2D eigenvalue weighted by Crippen LogP contribution is -3.16. The van der Waals surface area contributed by atoms with Gasteiger partial charge in [0.05, 0.1) is 47.5 Å². The molecule has 3 rings (SSSR count). The van der Waals surface area contributed by atoms with Crippen LogP contribution in [0.1, 0.15) is 32.1 Å². The first-order valence-electron chi connectivity index (χ1n) is 11.3. The van der Waals surface area contributed by atoms with Crippen LogP contribution in [-0.2, 0) is 4.79 Å². The second-order valence-corrected chi connectivity index (χ2v) is 8.44. The van der Waals surface area contributed by atoms with Gasteiger partial charge in [0.1, 0.15) is 25.0 Å². The molecule has 1 unspecified atom stereocenters. The van der Waals surface area contributed by atoms with Gasteiger partial charge in [0, 0.05) is 18.1 Å². The second-order valence-electron chi connectivity index (χ2n) is 8.44. The van der Waals surface area contributed by atoms with Crippen molar-refractivity contribution in [3.63, 3.8) is 0 Å². The number of hydrogen-bond acceptors (Lipinski definition) is 6. The lowest BCUT2D eigenvalue weighted by Gasteiger charge is -2.35. The number of nitrogens with one attached hydrogen (secondary N) is 1. The molecule has 2 N–H and O–H groups in total. The highest BCUT2D eigenvalue weighted by molar-refractivity contribution is 5.79. The third-order valence-electron chi connectivity index (χ3n) is 6.34. The number of amides is 1. The highest BCUT2D eigenvalue weighted by Gasteiger charge is 2.30. The third-order valence-corrected chi connectivity index (χ3v) is 6.34. The zero-order chi connectivity index (χ0) is 22.2. The minimum Gasteiger partial charge on any atom is -1.00 e. The molecule has 1 atom stereocenters. The van der Waals surface area contributed by atoms with Crippen LogP contribution in [0.2, 0.25) is 0 Å². The molecule has 0 radical (unpaired) electrons. The van der Waals surface area contributed by atoms with E-state index in [0.29, 0.717) is 35.4 Å². The summed E-state index contributed by atoms with van der Waals surface area (Å²) < 4.78 is 21.8. The van der Waals surface area contributed by atoms with E-state index < -0.39 is 6.10 Å². The normalized spacial score (nSPS) is 18.4. The van der Waals surface area contributed by atoms with Gasteiger partial charge in [-0.3, -0.25) is 4.79 Å². The van der Waals surface area contributed by atoms with Gasteiger partial charge in [-0.2, -0.15) is 0 Å². The van der Waals surface area contributed by atoms with Crippen LogP contribution in [0.5, 0.6) is 23.0 Å². The van der Waals surface area contributed by atoms with Gasteiger partial charge in [0.25, 0.3) is 0 Å². The minimum atomic E-state index is -0.602. The number of carbonyl (C=O) groups excluding carboxylic acids is 1. The summed E-state index contributed by atoms with van der Waals surface area (Å²) >= 11 is 0. The fraction of sp³-hybridized carbons (Fsp3) is 0.696. The van der Waals surface area contributed by atoms with Crippen molar-refractivity contribution in [3.05, 3.63) is 12.1 Å². The van der Waals surface area contributed by atoms with E-state index in [2.05, 4.69) is 0 Å². The number of carbonyl (C=O) groups is 1. The predicted molar refractivity (Wildman–Crippen MR) is 116 cm³/mol. The number of benzene rings is 1. The third kappa shape index (κ3) is 6.80. The first-order chi connectivity index (χ1) is 15.0. The summed E-state index contributed by atoms with van der Waals surface area (Å²) in [5.41, 5.74) is 0. The number of nitrogens with zero attached hydrogens (tertiary/aromatic N) is 1. The molecular formula is C23H37ClN2O6. The molecule has 1 aromatic carbocycles. The Morgan fingerprint density at radius 1 is 1.06 bits per heavy atom. The number of aliphatic hydroxyl groups is 1. The zero-order valence-corrected chi connectivity index (χ0v) is 20.2. The van der Waals surface area contributed by atoms with Crippen LogP contribution in [0.4, 0.5) is 0 Å². The molecule has 9 heteroatoms. The Hall–Kier alpha value is -1.90. The lowest BCUT2D eigenvalue weighted by atomic mass is 9.88. The molecule has 8 nitrogen and oxygen atoms in total. The molecule has 1 aromatic rings. The van der Waals surface area contributed by atoms with Crippen molar-refractivity contribution < 1.29 is 46.2 Å². The van der Waals surface area contributed by atoms with Gasteiger partial charge < -0.3 is 46.3 Å². The molecule has 182 valence electrons. The molecule has 1 aliphatic heterocycles. The van der Waals surface area contributed by atoms with Gasteiger partial charge in [0.2, 0.25) is 11.7 Å². The van der Waals surface area contributed by atoms with Gasteiger partial charge >= 0.3 is 0 Å². The Kier molecular flexibility index (Phi) is 10.7. The Morgan fingerprint density at radius 2 is 1.66 bits per heavy atom. The van der Waals surface area contributed by atoms with Gasteiger partial charge in [-0.05, 0) is 12.8 Å². The van der Waals surface area contributed by atoms with Gasteiger partial charge in [-0.25, -0.2) is 0 Å². The largest absolute Gasteiger partial charge is 1.00 e. The molecule has 1 amide bonds. The van der Waals surface area contributed by atoms with Crippen molar-refractivity contribution in [1.29, 1.82) is 0 Å². The summed E-state index contributed by atoms with van der Waals surface area (Å²) in [6.45, 7) is 4.03.